The van der Waals surface area contributed by atoms with Gasteiger partial charge in [0, 0.05) is 21.7 Å². The van der Waals surface area contributed by atoms with E-state index in [4.69, 9.17) is 6.58 Å². The molecule has 0 aromatic rings. The molecule has 0 aliphatic heterocycles. The van der Waals surface area contributed by atoms with E-state index in [0.29, 0.717) is 0 Å². The molecule has 0 bridgehead atoms. The summed E-state index contributed by atoms with van der Waals surface area (Å²) in [5.74, 6) is 0. The van der Waals surface area contributed by atoms with Crippen molar-refractivity contribution in [3.05, 3.63) is 24.8 Å². The van der Waals surface area contributed by atoms with Crippen LogP contribution >= 0.6 is 0 Å². The monoisotopic (exact) mass is 115 g/mol. The first-order chi connectivity index (χ1) is 2.41. The van der Waals surface area contributed by atoms with Crippen molar-refractivity contribution in [1.82, 2.24) is 0 Å². The molecule has 0 rings (SSSR count). The Kier molecular flexibility index (Phi) is 14.2. The minimum absolute atomic E-state index is 0. The van der Waals surface area contributed by atoms with Gasteiger partial charge in [-0.25, -0.2) is 12.2 Å². The molecule has 0 unspecified atom stereocenters. The van der Waals surface area contributed by atoms with E-state index >= 15 is 0 Å². The van der Waals surface area contributed by atoms with Gasteiger partial charge in [-0.1, -0.05) is 6.92 Å². The molecular weight excluding hydrogens is 108 g/mol. The van der Waals surface area contributed by atoms with Gasteiger partial charge in [0.1, 0.15) is 0 Å². The molecule has 0 saturated heterocycles. The summed E-state index contributed by atoms with van der Waals surface area (Å²) in [4.78, 5) is 0. The quantitative estimate of drug-likeness (QED) is 0.276. The molecule has 6 heavy (non-hydrogen) atoms. The van der Waals surface area contributed by atoms with Crippen molar-refractivity contribution in [1.29, 1.82) is 0 Å². The molecule has 0 spiro atoms. The average molecular weight is 115 g/mol. The Morgan fingerprint density at radius 1 is 1.50 bits per heavy atom. The number of hydrogen-bond donors (Lipinski definition) is 0. The topological polar surface area (TPSA) is 0 Å². The average Bonchev–Trinajstić information content (AvgIpc) is 1.41. The molecule has 0 radical (unpaired) electrons. The summed E-state index contributed by atoms with van der Waals surface area (Å²) in [7, 11) is 0. The molecule has 0 heterocycles. The zero-order valence-corrected chi connectivity index (χ0v) is 5.37. The Bertz CT molecular complexity index is 45.9. The summed E-state index contributed by atoms with van der Waals surface area (Å²) in [6.07, 6.45) is 5.15. The van der Waals surface area contributed by atoms with Crippen LogP contribution in [0.3, 0.4) is 0 Å². The molecule has 32 valence electrons. The number of hydrogen-bond acceptors (Lipinski definition) is 0. The minimum Gasteiger partial charge on any atom is -0.293 e. The molecule has 0 aromatic heterocycles. The summed E-state index contributed by atoms with van der Waals surface area (Å²) in [6, 6.07) is 0. The standard InChI is InChI=1S/C5H7.Ti/c1-3-5-4-2;/h1,3-5H,2H3;/q-1;. The fraction of sp³-hybridized carbons (Fsp3) is 0.200. The van der Waals surface area contributed by atoms with Gasteiger partial charge in [-0.15, -0.1) is 0 Å². The van der Waals surface area contributed by atoms with Gasteiger partial charge in [-0.3, -0.25) is 6.58 Å². The Balaban J connectivity index is 0. The second-order valence-electron chi connectivity index (χ2n) is 0.718. The predicted octanol–water partition coefficient (Wildman–Crippen LogP) is 1.55. The van der Waals surface area contributed by atoms with Crippen LogP contribution in [0.5, 0.6) is 0 Å². The Hall–Kier alpha value is 0.194. The summed E-state index contributed by atoms with van der Waals surface area (Å²) in [5.41, 5.74) is 0. The molecule has 0 saturated carbocycles. The van der Waals surface area contributed by atoms with Crippen LogP contribution in [-0.2, 0) is 21.7 Å². The van der Waals surface area contributed by atoms with E-state index in [-0.39, 0.29) is 21.7 Å². The zero-order valence-electron chi connectivity index (χ0n) is 3.81. The van der Waals surface area contributed by atoms with Crippen LogP contribution in [0.1, 0.15) is 6.92 Å². The first kappa shape index (κ1) is 9.50. The van der Waals surface area contributed by atoms with E-state index in [1.54, 1.807) is 6.08 Å². The first-order valence-corrected chi connectivity index (χ1v) is 1.58. The van der Waals surface area contributed by atoms with Crippen LogP contribution in [0.25, 0.3) is 0 Å². The van der Waals surface area contributed by atoms with Crippen molar-refractivity contribution in [3.8, 4) is 0 Å². The molecule has 0 nitrogen and oxygen atoms in total. The molecule has 0 amide bonds. The van der Waals surface area contributed by atoms with Crippen LogP contribution in [-0.4, -0.2) is 0 Å². The van der Waals surface area contributed by atoms with Crippen LogP contribution < -0.4 is 0 Å². The Morgan fingerprint density at radius 3 is 2.00 bits per heavy atom. The van der Waals surface area contributed by atoms with Gasteiger partial charge < -0.3 is 0 Å². The predicted molar refractivity (Wildman–Crippen MR) is 23.7 cm³/mol. The van der Waals surface area contributed by atoms with Crippen molar-refractivity contribution in [2.24, 2.45) is 0 Å². The van der Waals surface area contributed by atoms with E-state index in [0.717, 1.165) is 0 Å². The summed E-state index contributed by atoms with van der Waals surface area (Å²) in [6.45, 7) is 6.85. The molecule has 0 N–H and O–H groups in total. The molecule has 0 atom stereocenters. The van der Waals surface area contributed by atoms with E-state index in [9.17, 15) is 0 Å². The van der Waals surface area contributed by atoms with Crippen molar-refractivity contribution in [2.45, 2.75) is 6.92 Å². The maximum absolute atomic E-state index is 4.93. The fourth-order valence-electron chi connectivity index (χ4n) is 0.111. The smallest absolute Gasteiger partial charge is 0 e. The van der Waals surface area contributed by atoms with E-state index in [2.05, 4.69) is 0 Å². The maximum Gasteiger partial charge on any atom is 0 e. The fourth-order valence-corrected chi connectivity index (χ4v) is 0.111. The van der Waals surface area contributed by atoms with Crippen molar-refractivity contribution in [2.75, 3.05) is 0 Å². The van der Waals surface area contributed by atoms with E-state index < -0.39 is 0 Å². The van der Waals surface area contributed by atoms with Gasteiger partial charge in [0.25, 0.3) is 0 Å². The van der Waals surface area contributed by atoms with Crippen molar-refractivity contribution >= 4 is 0 Å². The molecule has 0 aliphatic carbocycles. The second-order valence-corrected chi connectivity index (χ2v) is 0.718. The van der Waals surface area contributed by atoms with Crippen molar-refractivity contribution in [3.63, 3.8) is 0 Å². The van der Waals surface area contributed by atoms with E-state index in [1.165, 1.54) is 6.08 Å². The Morgan fingerprint density at radius 2 is 2.00 bits per heavy atom. The van der Waals surface area contributed by atoms with Gasteiger partial charge in [0.15, 0.2) is 0 Å². The third-order valence-corrected chi connectivity index (χ3v) is 0.304. The second kappa shape index (κ2) is 8.96. The third kappa shape index (κ3) is 8.89. The SMILES string of the molecule is [CH-]=CC=CC.[Ti]. The summed E-state index contributed by atoms with van der Waals surface area (Å²) in [5, 5.41) is 0. The number of rotatable bonds is 1. The normalized spacial score (nSPS) is 7.50. The van der Waals surface area contributed by atoms with Crippen LogP contribution in [0, 0.1) is 6.58 Å². The Labute approximate surface area is 53.8 Å². The van der Waals surface area contributed by atoms with Gasteiger partial charge in [-0.05, 0) is 0 Å². The molecule has 1 heteroatoms. The van der Waals surface area contributed by atoms with Gasteiger partial charge >= 0.3 is 0 Å². The molecule has 0 aliphatic rings. The summed E-state index contributed by atoms with van der Waals surface area (Å²) < 4.78 is 0. The molecule has 0 aromatic carbocycles. The number of allylic oxidation sites excluding steroid dienone is 3. The van der Waals surface area contributed by atoms with E-state index in [1.807, 2.05) is 13.0 Å². The van der Waals surface area contributed by atoms with Crippen LogP contribution in [0.15, 0.2) is 18.2 Å². The third-order valence-electron chi connectivity index (χ3n) is 0.304. The van der Waals surface area contributed by atoms with Gasteiger partial charge in [0.2, 0.25) is 0 Å². The molecule has 0 fully saturated rings. The van der Waals surface area contributed by atoms with Gasteiger partial charge in [-0.2, -0.15) is 6.08 Å². The summed E-state index contributed by atoms with van der Waals surface area (Å²) >= 11 is 0. The molecular formula is C5H7Ti-. The first-order valence-electron chi connectivity index (χ1n) is 1.58. The zero-order chi connectivity index (χ0) is 4.12. The van der Waals surface area contributed by atoms with Crippen LogP contribution in [0.2, 0.25) is 0 Å². The largest absolute Gasteiger partial charge is 0.293 e. The van der Waals surface area contributed by atoms with Gasteiger partial charge in [0.05, 0.1) is 0 Å². The van der Waals surface area contributed by atoms with Crippen molar-refractivity contribution < 1.29 is 21.7 Å². The van der Waals surface area contributed by atoms with Crippen LogP contribution in [0.4, 0.5) is 0 Å². The maximum atomic E-state index is 4.93. The minimum atomic E-state index is 0.